The van der Waals surface area contributed by atoms with Crippen molar-refractivity contribution in [3.8, 4) is 0 Å². The molecule has 0 radical (unpaired) electrons. The predicted octanol–water partition coefficient (Wildman–Crippen LogP) is 3.64. The molecule has 0 unspecified atom stereocenters. The molecule has 0 saturated heterocycles. The number of carbonyl (C=O) groups is 2. The van der Waals surface area contributed by atoms with E-state index in [2.05, 4.69) is 42.0 Å². The number of halogens is 2. The van der Waals surface area contributed by atoms with Crippen LogP contribution < -0.4 is 24.8 Å². The van der Waals surface area contributed by atoms with Gasteiger partial charge >= 0.3 is 11.9 Å². The summed E-state index contributed by atoms with van der Waals surface area (Å²) < 4.78 is 12.8. The van der Waals surface area contributed by atoms with Gasteiger partial charge in [0.1, 0.15) is 26.3 Å². The van der Waals surface area contributed by atoms with E-state index in [9.17, 15) is 9.59 Å². The quantitative estimate of drug-likeness (QED) is 0.0598. The van der Waals surface area contributed by atoms with Crippen LogP contribution in [-0.2, 0) is 19.1 Å². The molecule has 6 nitrogen and oxygen atoms in total. The summed E-state index contributed by atoms with van der Waals surface area (Å²) in [4.78, 5) is 24.3. The fraction of sp³-hybridized carbons (Fsp3) is 0.947. The number of esters is 2. The van der Waals surface area contributed by atoms with Gasteiger partial charge in [0.2, 0.25) is 0 Å². The van der Waals surface area contributed by atoms with Crippen LogP contribution >= 0.6 is 0 Å². The Kier molecular flexibility index (Phi) is 37.2. The third kappa shape index (κ3) is 36.3. The maximum absolute atomic E-state index is 12.1. The molecule has 8 heteroatoms. The SMILES string of the molecule is CCCCCCCCCCCCC(=O)OCC[N+](C)(C)CCCC[N+](C)(C)CCOC(=O)CCCCCCCCCCCC.[Cl-].[Cl-]. The Bertz CT molecular complexity index is 621. The van der Waals surface area contributed by atoms with Crippen LogP contribution in [0.5, 0.6) is 0 Å². The first kappa shape index (κ1) is 49.8. The van der Waals surface area contributed by atoms with Crippen molar-refractivity contribution in [2.24, 2.45) is 0 Å². The average molecular weight is 698 g/mol. The molecule has 0 aliphatic carbocycles. The van der Waals surface area contributed by atoms with E-state index < -0.39 is 0 Å². The molecule has 0 aromatic heterocycles. The number of hydrogen-bond acceptors (Lipinski definition) is 4. The normalized spacial score (nSPS) is 11.5. The third-order valence-electron chi connectivity index (χ3n) is 9.17. The van der Waals surface area contributed by atoms with Crippen molar-refractivity contribution in [2.75, 3.05) is 67.6 Å². The minimum absolute atomic E-state index is 0. The van der Waals surface area contributed by atoms with Gasteiger partial charge in [-0.2, -0.15) is 0 Å². The van der Waals surface area contributed by atoms with E-state index in [4.69, 9.17) is 9.47 Å². The van der Waals surface area contributed by atoms with Gasteiger partial charge in [-0.3, -0.25) is 9.59 Å². The maximum atomic E-state index is 12.1. The highest BCUT2D eigenvalue weighted by atomic mass is 35.5. The summed E-state index contributed by atoms with van der Waals surface area (Å²) >= 11 is 0. The van der Waals surface area contributed by atoms with Crippen molar-refractivity contribution in [2.45, 2.75) is 168 Å². The Labute approximate surface area is 299 Å². The van der Waals surface area contributed by atoms with E-state index in [1.807, 2.05) is 0 Å². The molecule has 46 heavy (non-hydrogen) atoms. The molecule has 0 fully saturated rings. The summed E-state index contributed by atoms with van der Waals surface area (Å²) in [5.41, 5.74) is 0. The monoisotopic (exact) mass is 697 g/mol. The molecule has 0 amide bonds. The summed E-state index contributed by atoms with van der Waals surface area (Å²) in [5.74, 6) is -0.0689. The molecule has 0 bridgehead atoms. The van der Waals surface area contributed by atoms with Gasteiger partial charge in [-0.15, -0.1) is 0 Å². The first-order valence-corrected chi connectivity index (χ1v) is 19.1. The molecule has 0 aromatic rings. The highest BCUT2D eigenvalue weighted by Crippen LogP contribution is 2.13. The summed E-state index contributed by atoms with van der Waals surface area (Å²) in [6, 6.07) is 0. The van der Waals surface area contributed by atoms with E-state index in [-0.39, 0.29) is 36.8 Å². The number of hydrogen-bond donors (Lipinski definition) is 0. The Hall–Kier alpha value is -0.560. The fourth-order valence-electron chi connectivity index (χ4n) is 5.77. The number of ether oxygens (including phenoxy) is 2. The van der Waals surface area contributed by atoms with Crippen molar-refractivity contribution >= 4 is 11.9 Å². The molecule has 0 spiro atoms. The number of unbranched alkanes of at least 4 members (excludes halogenated alkanes) is 19. The smallest absolute Gasteiger partial charge is 0.305 e. The standard InChI is InChI=1S/C38H78N2O4.2ClH/c1-7-9-11-13-15-17-19-21-23-25-29-37(41)43-35-33-39(3,4)31-27-28-32-40(5,6)34-36-44-38(42)30-26-24-22-20-18-16-14-12-10-8-2;;/h7-36H2,1-6H3;2*1H/q+2;;/p-2. The summed E-state index contributed by atoms with van der Waals surface area (Å²) in [6.45, 7) is 9.41. The van der Waals surface area contributed by atoms with Crippen LogP contribution in [0.1, 0.15) is 168 Å². The van der Waals surface area contributed by atoms with Crippen molar-refractivity contribution in [3.63, 3.8) is 0 Å². The van der Waals surface area contributed by atoms with Gasteiger partial charge in [-0.25, -0.2) is 0 Å². The maximum Gasteiger partial charge on any atom is 0.305 e. The zero-order valence-corrected chi connectivity index (χ0v) is 33.0. The van der Waals surface area contributed by atoms with E-state index >= 15 is 0 Å². The first-order valence-electron chi connectivity index (χ1n) is 19.1. The minimum atomic E-state index is -0.0344. The topological polar surface area (TPSA) is 52.6 Å². The van der Waals surface area contributed by atoms with Crippen LogP contribution in [-0.4, -0.2) is 88.5 Å². The molecular weight excluding hydrogens is 619 g/mol. The largest absolute Gasteiger partial charge is 1.00 e. The third-order valence-corrected chi connectivity index (χ3v) is 9.17. The summed E-state index contributed by atoms with van der Waals surface area (Å²) in [7, 11) is 8.91. The van der Waals surface area contributed by atoms with Crippen molar-refractivity contribution in [1.82, 2.24) is 0 Å². The molecule has 0 aliphatic rings. The molecule has 278 valence electrons. The van der Waals surface area contributed by atoms with E-state index in [1.54, 1.807) is 0 Å². The molecule has 0 atom stereocenters. The first-order chi connectivity index (χ1) is 21.1. The lowest BCUT2D eigenvalue weighted by atomic mass is 10.1. The highest BCUT2D eigenvalue weighted by molar-refractivity contribution is 5.69. The zero-order chi connectivity index (χ0) is 32.8. The number of nitrogens with zero attached hydrogens (tertiary/aromatic N) is 2. The summed E-state index contributed by atoms with van der Waals surface area (Å²) in [5, 5.41) is 0. The average Bonchev–Trinajstić information content (AvgIpc) is 2.97. The van der Waals surface area contributed by atoms with Crippen LogP contribution in [0.25, 0.3) is 0 Å². The zero-order valence-electron chi connectivity index (χ0n) is 31.5. The second-order valence-corrected chi connectivity index (χ2v) is 14.8. The lowest BCUT2D eigenvalue weighted by molar-refractivity contribution is -0.897. The minimum Gasteiger partial charge on any atom is -1.00 e. The van der Waals surface area contributed by atoms with E-state index in [0.717, 1.165) is 73.7 Å². The number of carbonyl (C=O) groups excluding carboxylic acids is 2. The van der Waals surface area contributed by atoms with Gasteiger partial charge < -0.3 is 43.3 Å². The Morgan fingerprint density at radius 2 is 0.652 bits per heavy atom. The Morgan fingerprint density at radius 3 is 0.935 bits per heavy atom. The summed E-state index contributed by atoms with van der Waals surface area (Å²) in [6.07, 6.45) is 29.0. The highest BCUT2D eigenvalue weighted by Gasteiger charge is 2.19. The molecule has 0 rings (SSSR count). The van der Waals surface area contributed by atoms with Crippen LogP contribution in [0.4, 0.5) is 0 Å². The van der Waals surface area contributed by atoms with Gasteiger partial charge in [0.25, 0.3) is 0 Å². The molecule has 0 aliphatic heterocycles. The van der Waals surface area contributed by atoms with Crippen molar-refractivity contribution < 1.29 is 52.8 Å². The van der Waals surface area contributed by atoms with Gasteiger partial charge in [-0.1, -0.05) is 129 Å². The molecule has 0 N–H and O–H groups in total. The van der Waals surface area contributed by atoms with Gasteiger partial charge in [0.05, 0.1) is 41.3 Å². The van der Waals surface area contributed by atoms with Crippen LogP contribution in [0.15, 0.2) is 0 Å². The van der Waals surface area contributed by atoms with Crippen LogP contribution in [0, 0.1) is 0 Å². The molecular formula is C38H78Cl2N2O4. The van der Waals surface area contributed by atoms with E-state index in [1.165, 1.54) is 103 Å². The molecule has 0 saturated carbocycles. The molecule has 0 heterocycles. The van der Waals surface area contributed by atoms with Crippen LogP contribution in [0.2, 0.25) is 0 Å². The Balaban J connectivity index is -0.00000924. The van der Waals surface area contributed by atoms with Crippen LogP contribution in [0.3, 0.4) is 0 Å². The van der Waals surface area contributed by atoms with Gasteiger partial charge in [0, 0.05) is 25.7 Å². The number of likely N-dealkylation sites (N-methyl/N-ethyl adjacent to an activating group) is 2. The van der Waals surface area contributed by atoms with Crippen molar-refractivity contribution in [3.05, 3.63) is 0 Å². The van der Waals surface area contributed by atoms with Gasteiger partial charge in [-0.05, 0) is 12.8 Å². The molecule has 0 aromatic carbocycles. The number of quaternary nitrogens is 2. The second-order valence-electron chi connectivity index (χ2n) is 14.8. The second kappa shape index (κ2) is 34.3. The number of rotatable bonds is 33. The fourth-order valence-corrected chi connectivity index (χ4v) is 5.77. The lowest BCUT2D eigenvalue weighted by Crippen LogP contribution is -3.00. The van der Waals surface area contributed by atoms with Crippen molar-refractivity contribution in [1.29, 1.82) is 0 Å². The predicted molar refractivity (Wildman–Crippen MR) is 188 cm³/mol. The lowest BCUT2D eigenvalue weighted by Gasteiger charge is -2.32. The van der Waals surface area contributed by atoms with Gasteiger partial charge in [0.15, 0.2) is 0 Å². The Morgan fingerprint density at radius 1 is 0.391 bits per heavy atom. The van der Waals surface area contributed by atoms with E-state index in [0.29, 0.717) is 26.1 Å².